The van der Waals surface area contributed by atoms with Gasteiger partial charge in [-0.3, -0.25) is 9.59 Å². The number of carbonyl (C=O) groups excluding carboxylic acids is 2. The van der Waals surface area contributed by atoms with Crippen LogP contribution in [0.1, 0.15) is 33.6 Å². The first-order valence-corrected chi connectivity index (χ1v) is 9.18. The monoisotopic (exact) mass is 402 g/mol. The van der Waals surface area contributed by atoms with Crippen molar-refractivity contribution < 1.29 is 28.2 Å². The molecule has 154 valence electrons. The van der Waals surface area contributed by atoms with Crippen molar-refractivity contribution >= 4 is 17.5 Å². The Balaban J connectivity index is 1.97. The van der Waals surface area contributed by atoms with Gasteiger partial charge in [-0.05, 0) is 37.1 Å². The Morgan fingerprint density at radius 2 is 1.66 bits per heavy atom. The summed E-state index contributed by atoms with van der Waals surface area (Å²) in [5.41, 5.74) is 0.794. The van der Waals surface area contributed by atoms with Crippen molar-refractivity contribution in [2.24, 2.45) is 0 Å². The summed E-state index contributed by atoms with van der Waals surface area (Å²) < 4.78 is 29.3. The minimum Gasteiger partial charge on any atom is -0.496 e. The summed E-state index contributed by atoms with van der Waals surface area (Å²) in [7, 11) is 4.25. The van der Waals surface area contributed by atoms with E-state index in [9.17, 15) is 14.0 Å². The number of rotatable bonds is 6. The van der Waals surface area contributed by atoms with Crippen molar-refractivity contribution in [1.82, 2.24) is 4.90 Å². The number of nitrogens with zero attached hydrogens (tertiary/aromatic N) is 1. The number of methoxy groups -OCH3 is 3. The number of anilines is 1. The van der Waals surface area contributed by atoms with Gasteiger partial charge in [0.1, 0.15) is 11.6 Å². The lowest BCUT2D eigenvalue weighted by atomic mass is 10.1. The molecule has 2 aromatic carbocycles. The van der Waals surface area contributed by atoms with Crippen LogP contribution in [0.25, 0.3) is 0 Å². The molecule has 3 rings (SSSR count). The van der Waals surface area contributed by atoms with Crippen molar-refractivity contribution in [2.45, 2.75) is 12.8 Å². The van der Waals surface area contributed by atoms with Gasteiger partial charge in [-0.15, -0.1) is 0 Å². The van der Waals surface area contributed by atoms with Crippen LogP contribution in [-0.4, -0.2) is 51.1 Å². The largest absolute Gasteiger partial charge is 0.496 e. The maximum atomic E-state index is 13.4. The molecule has 0 aromatic heterocycles. The second-order valence-electron chi connectivity index (χ2n) is 6.56. The van der Waals surface area contributed by atoms with Crippen LogP contribution in [-0.2, 0) is 0 Å². The Kier molecular flexibility index (Phi) is 6.21. The third-order valence-electron chi connectivity index (χ3n) is 4.78. The summed E-state index contributed by atoms with van der Waals surface area (Å²) in [5.74, 6) is -0.501. The second kappa shape index (κ2) is 8.81. The van der Waals surface area contributed by atoms with Gasteiger partial charge in [-0.1, -0.05) is 0 Å². The van der Waals surface area contributed by atoms with Gasteiger partial charge in [0.05, 0.1) is 32.6 Å². The van der Waals surface area contributed by atoms with Crippen LogP contribution in [0.2, 0.25) is 0 Å². The van der Waals surface area contributed by atoms with Crippen LogP contribution in [0.15, 0.2) is 30.3 Å². The fourth-order valence-electron chi connectivity index (χ4n) is 3.33. The lowest BCUT2D eigenvalue weighted by Crippen LogP contribution is -2.27. The smallest absolute Gasteiger partial charge is 0.259 e. The molecule has 1 fully saturated rings. The van der Waals surface area contributed by atoms with Gasteiger partial charge in [-0.2, -0.15) is 0 Å². The van der Waals surface area contributed by atoms with Crippen LogP contribution >= 0.6 is 0 Å². The first kappa shape index (κ1) is 20.4. The molecule has 29 heavy (non-hydrogen) atoms. The lowest BCUT2D eigenvalue weighted by Gasteiger charge is -2.19. The summed E-state index contributed by atoms with van der Waals surface area (Å²) >= 11 is 0. The number of nitrogens with one attached hydrogen (secondary N) is 1. The molecule has 1 heterocycles. The zero-order valence-corrected chi connectivity index (χ0v) is 16.6. The number of halogens is 1. The van der Waals surface area contributed by atoms with Gasteiger partial charge in [0.15, 0.2) is 11.5 Å². The van der Waals surface area contributed by atoms with E-state index in [-0.39, 0.29) is 28.7 Å². The summed E-state index contributed by atoms with van der Waals surface area (Å²) in [6.07, 6.45) is 1.93. The number of benzene rings is 2. The summed E-state index contributed by atoms with van der Waals surface area (Å²) in [6.45, 7) is 1.39. The minimum atomic E-state index is -0.534. The minimum absolute atomic E-state index is 0.0951. The molecule has 1 N–H and O–H groups in total. The molecular weight excluding hydrogens is 379 g/mol. The fourth-order valence-corrected chi connectivity index (χ4v) is 3.33. The van der Waals surface area contributed by atoms with Gasteiger partial charge >= 0.3 is 0 Å². The van der Waals surface area contributed by atoms with E-state index in [1.54, 1.807) is 17.0 Å². The van der Waals surface area contributed by atoms with Crippen molar-refractivity contribution in [2.75, 3.05) is 39.7 Å². The van der Waals surface area contributed by atoms with E-state index in [4.69, 9.17) is 14.2 Å². The highest BCUT2D eigenvalue weighted by molar-refractivity contribution is 6.08. The first-order valence-electron chi connectivity index (χ1n) is 9.18. The maximum absolute atomic E-state index is 13.4. The SMILES string of the molecule is COc1cc(F)ccc1C(=O)Nc1cc(C(=O)N2CCCC2)cc(OC)c1OC. The highest BCUT2D eigenvalue weighted by Gasteiger charge is 2.24. The third kappa shape index (κ3) is 4.26. The number of likely N-dealkylation sites (tertiary alicyclic amines) is 1. The first-order chi connectivity index (χ1) is 14.0. The molecule has 1 aliphatic rings. The molecule has 0 bridgehead atoms. The van der Waals surface area contributed by atoms with E-state index in [2.05, 4.69) is 5.32 Å². The predicted molar refractivity (Wildman–Crippen MR) is 106 cm³/mol. The van der Waals surface area contributed by atoms with E-state index in [0.717, 1.165) is 18.9 Å². The van der Waals surface area contributed by atoms with E-state index in [1.165, 1.54) is 33.5 Å². The molecule has 1 saturated heterocycles. The normalized spacial score (nSPS) is 13.2. The van der Waals surface area contributed by atoms with Gasteiger partial charge < -0.3 is 24.4 Å². The molecule has 0 unspecified atom stereocenters. The molecule has 1 aliphatic heterocycles. The Labute approximate surface area is 168 Å². The fraction of sp³-hybridized carbons (Fsp3) is 0.333. The molecule has 0 saturated carbocycles. The number of hydrogen-bond donors (Lipinski definition) is 1. The highest BCUT2D eigenvalue weighted by Crippen LogP contribution is 2.37. The number of hydrogen-bond acceptors (Lipinski definition) is 5. The number of ether oxygens (including phenoxy) is 3. The van der Waals surface area contributed by atoms with Gasteiger partial charge in [-0.25, -0.2) is 4.39 Å². The van der Waals surface area contributed by atoms with Crippen LogP contribution in [0.3, 0.4) is 0 Å². The average molecular weight is 402 g/mol. The summed E-state index contributed by atoms with van der Waals surface area (Å²) in [6, 6.07) is 6.76. The molecule has 0 radical (unpaired) electrons. The molecular formula is C21H23FN2O5. The van der Waals surface area contributed by atoms with Gasteiger partial charge in [0, 0.05) is 24.7 Å². The predicted octanol–water partition coefficient (Wildman–Crippen LogP) is 3.34. The quantitative estimate of drug-likeness (QED) is 0.802. The molecule has 0 spiro atoms. The Bertz CT molecular complexity index is 926. The molecule has 8 heteroatoms. The van der Waals surface area contributed by atoms with Crippen LogP contribution in [0, 0.1) is 5.82 Å². The van der Waals surface area contributed by atoms with Crippen molar-refractivity contribution in [3.63, 3.8) is 0 Å². The van der Waals surface area contributed by atoms with Crippen molar-refractivity contribution in [3.05, 3.63) is 47.3 Å². The van der Waals surface area contributed by atoms with Gasteiger partial charge in [0.2, 0.25) is 0 Å². The van der Waals surface area contributed by atoms with Crippen molar-refractivity contribution in [3.8, 4) is 17.2 Å². The van der Waals surface area contributed by atoms with Gasteiger partial charge in [0.25, 0.3) is 11.8 Å². The summed E-state index contributed by atoms with van der Waals surface area (Å²) in [5, 5.41) is 2.72. The van der Waals surface area contributed by atoms with E-state index >= 15 is 0 Å². The molecule has 7 nitrogen and oxygen atoms in total. The topological polar surface area (TPSA) is 77.1 Å². The van der Waals surface area contributed by atoms with E-state index < -0.39 is 11.7 Å². The van der Waals surface area contributed by atoms with Crippen LogP contribution in [0.5, 0.6) is 17.2 Å². The Morgan fingerprint density at radius 1 is 0.966 bits per heavy atom. The molecule has 0 aliphatic carbocycles. The zero-order chi connectivity index (χ0) is 21.0. The lowest BCUT2D eigenvalue weighted by molar-refractivity contribution is 0.0792. The number of amides is 2. The molecule has 0 atom stereocenters. The zero-order valence-electron chi connectivity index (χ0n) is 16.6. The molecule has 2 amide bonds. The standard InChI is InChI=1S/C21H23FN2O5/c1-27-17-12-14(22)6-7-15(17)20(25)23-16-10-13(11-18(28-2)19(16)29-3)21(26)24-8-4-5-9-24/h6-7,10-12H,4-5,8-9H2,1-3H3,(H,23,25). The van der Waals surface area contributed by atoms with E-state index in [0.29, 0.717) is 24.4 Å². The molecule has 2 aromatic rings. The van der Waals surface area contributed by atoms with Crippen LogP contribution < -0.4 is 19.5 Å². The highest BCUT2D eigenvalue weighted by atomic mass is 19.1. The number of carbonyl (C=O) groups is 2. The summed E-state index contributed by atoms with van der Waals surface area (Å²) in [4.78, 5) is 27.4. The Hall–Kier alpha value is -3.29. The maximum Gasteiger partial charge on any atom is 0.259 e. The van der Waals surface area contributed by atoms with Crippen molar-refractivity contribution in [1.29, 1.82) is 0 Å². The second-order valence-corrected chi connectivity index (χ2v) is 6.56. The Morgan fingerprint density at radius 3 is 2.28 bits per heavy atom. The third-order valence-corrected chi connectivity index (χ3v) is 4.78. The van der Waals surface area contributed by atoms with Crippen LogP contribution in [0.4, 0.5) is 10.1 Å². The average Bonchev–Trinajstić information content (AvgIpc) is 3.27. The van der Waals surface area contributed by atoms with E-state index in [1.807, 2.05) is 0 Å².